The van der Waals surface area contributed by atoms with Gasteiger partial charge in [-0.3, -0.25) is 29.5 Å². The van der Waals surface area contributed by atoms with Gasteiger partial charge in [0.05, 0.1) is 59.3 Å². The fourth-order valence-electron chi connectivity index (χ4n) is 9.96. The summed E-state index contributed by atoms with van der Waals surface area (Å²) in [6, 6.07) is 26.0. The van der Waals surface area contributed by atoms with Crippen molar-refractivity contribution in [3.63, 3.8) is 0 Å². The van der Waals surface area contributed by atoms with Crippen LogP contribution in [0, 0.1) is 30.6 Å². The second-order valence-corrected chi connectivity index (χ2v) is 16.9. The first kappa shape index (κ1) is 37.6. The largest absolute Gasteiger partial charge is 0.503 e. The molecule has 6 unspecified atom stereocenters. The van der Waals surface area contributed by atoms with Gasteiger partial charge in [0.2, 0.25) is 11.8 Å². The Morgan fingerprint density at radius 3 is 2.21 bits per heavy atom. The van der Waals surface area contributed by atoms with Gasteiger partial charge < -0.3 is 19.5 Å². The van der Waals surface area contributed by atoms with Crippen LogP contribution in [0.15, 0.2) is 106 Å². The molecule has 0 aromatic heterocycles. The van der Waals surface area contributed by atoms with Gasteiger partial charge in [0.15, 0.2) is 11.5 Å². The van der Waals surface area contributed by atoms with E-state index in [0.29, 0.717) is 44.7 Å². The van der Waals surface area contributed by atoms with Crippen LogP contribution in [0.5, 0.6) is 11.5 Å². The monoisotopic (exact) mass is 894 g/mol. The van der Waals surface area contributed by atoms with Gasteiger partial charge >= 0.3 is 0 Å². The molecule has 9 rings (SSSR count). The second-order valence-electron chi connectivity index (χ2n) is 15.4. The summed E-state index contributed by atoms with van der Waals surface area (Å²) in [4.78, 5) is 63.2. The lowest BCUT2D eigenvalue weighted by Crippen LogP contribution is -2.53. The maximum atomic E-state index is 15.5. The van der Waals surface area contributed by atoms with Crippen molar-refractivity contribution >= 4 is 72.6 Å². The van der Waals surface area contributed by atoms with Crippen molar-refractivity contribution < 1.29 is 33.8 Å². The lowest BCUT2D eigenvalue weighted by Gasteiger charge is -2.51. The zero-order chi connectivity index (χ0) is 39.7. The van der Waals surface area contributed by atoms with Crippen LogP contribution in [0.4, 0.5) is 17.1 Å². The summed E-state index contributed by atoms with van der Waals surface area (Å²) in [6.45, 7) is 4.74. The lowest BCUT2D eigenvalue weighted by atomic mass is 9.49. The fourth-order valence-corrected chi connectivity index (χ4v) is 10.9. The maximum Gasteiger partial charge on any atom is 0.260 e. The number of nitrogens with one attached hydrogen (secondary N) is 1. The number of aromatic hydroxyl groups is 1. The summed E-state index contributed by atoms with van der Waals surface area (Å²) in [7, 11) is 1.45. The Kier molecular flexibility index (Phi) is 9.52. The number of anilines is 3. The summed E-state index contributed by atoms with van der Waals surface area (Å²) >= 11 is 7.30. The van der Waals surface area contributed by atoms with Crippen molar-refractivity contribution in [2.75, 3.05) is 48.6 Å². The molecule has 0 radical (unpaired) electrons. The molecule has 4 amide bonds. The van der Waals surface area contributed by atoms with Gasteiger partial charge in [-0.25, -0.2) is 0 Å². The smallest absolute Gasteiger partial charge is 0.260 e. The van der Waals surface area contributed by atoms with Gasteiger partial charge in [0, 0.05) is 29.2 Å². The summed E-state index contributed by atoms with van der Waals surface area (Å²) in [5.74, 6) is -5.17. The van der Waals surface area contributed by atoms with E-state index in [2.05, 4.69) is 42.2 Å². The standard InChI is InChI=1S/C44H40Br2N4O7/c1-24-8-10-26(11-9-24)47-50-41(53)33-22-31-29(16-17-30-35(31)42(54)49(40(30)52)28-14-12-27(13-15-28)48-18-20-57-21-19-48)36(32-23-34(56-2)39(51)38(46)37(32)45)44(33,43(50)55)25-6-4-3-5-7-25/h3-16,23,30-31,33,35-36,47,51H,17-22H2,1-2H3. The number of carbonyl (C=O) groups is 4. The first-order chi connectivity index (χ1) is 27.6. The van der Waals surface area contributed by atoms with Gasteiger partial charge in [-0.05, 0) is 111 Å². The number of allylic oxidation sites excluding steroid dienone is 2. The molecule has 6 atom stereocenters. The number of methoxy groups -OCH3 is 1. The average molecular weight is 897 g/mol. The van der Waals surface area contributed by atoms with Crippen molar-refractivity contribution in [3.8, 4) is 11.5 Å². The van der Waals surface area contributed by atoms with Crippen LogP contribution in [0.3, 0.4) is 0 Å². The number of hydrazine groups is 1. The van der Waals surface area contributed by atoms with E-state index in [9.17, 15) is 14.7 Å². The van der Waals surface area contributed by atoms with Gasteiger partial charge in [-0.2, -0.15) is 5.01 Å². The van der Waals surface area contributed by atoms with Crippen LogP contribution >= 0.6 is 31.9 Å². The number of hydrogen-bond donors (Lipinski definition) is 2. The lowest BCUT2D eigenvalue weighted by molar-refractivity contribution is -0.138. The number of benzene rings is 4. The second kappa shape index (κ2) is 14.4. The van der Waals surface area contributed by atoms with Crippen LogP contribution in [0.2, 0.25) is 0 Å². The number of amides is 4. The van der Waals surface area contributed by atoms with E-state index in [1.807, 2.05) is 91.9 Å². The number of carbonyl (C=O) groups excluding carboxylic acids is 4. The Morgan fingerprint density at radius 2 is 1.53 bits per heavy atom. The van der Waals surface area contributed by atoms with Gasteiger partial charge in [0.25, 0.3) is 11.8 Å². The third-order valence-corrected chi connectivity index (χ3v) is 14.7. The van der Waals surface area contributed by atoms with Crippen LogP contribution < -0.4 is 20.0 Å². The molecule has 3 aliphatic heterocycles. The SMILES string of the molecule is COc1cc(C2C3=CCC4C(=O)N(c5ccc(N6CCOCC6)cc5)C(=O)C4C3CC3C(=O)N(Nc4ccc(C)cc4)C(=O)C32c2ccccc2)c(Br)c(Br)c1O. The van der Waals surface area contributed by atoms with E-state index in [1.54, 1.807) is 6.07 Å². The molecule has 11 nitrogen and oxygen atoms in total. The number of phenolic OH excluding ortho intramolecular Hbond substituents is 1. The highest BCUT2D eigenvalue weighted by molar-refractivity contribution is 9.13. The molecule has 3 saturated heterocycles. The van der Waals surface area contributed by atoms with E-state index < -0.39 is 46.8 Å². The molecule has 13 heteroatoms. The molecule has 4 fully saturated rings. The molecule has 3 heterocycles. The highest BCUT2D eigenvalue weighted by atomic mass is 79.9. The summed E-state index contributed by atoms with van der Waals surface area (Å²) < 4.78 is 12.0. The fraction of sp³-hybridized carbons (Fsp3) is 0.318. The van der Waals surface area contributed by atoms with E-state index in [0.717, 1.165) is 34.9 Å². The van der Waals surface area contributed by atoms with E-state index in [-0.39, 0.29) is 36.2 Å². The zero-order valence-electron chi connectivity index (χ0n) is 31.3. The van der Waals surface area contributed by atoms with E-state index in [4.69, 9.17) is 9.47 Å². The molecular formula is C44H40Br2N4O7. The average Bonchev–Trinajstić information content (AvgIpc) is 3.62. The van der Waals surface area contributed by atoms with Crippen LogP contribution in [-0.4, -0.2) is 67.2 Å². The van der Waals surface area contributed by atoms with Crippen LogP contribution in [0.25, 0.3) is 0 Å². The number of aryl methyl sites for hydroxylation is 1. The number of fused-ring (bicyclic) bond motifs is 4. The van der Waals surface area contributed by atoms with Crippen molar-refractivity contribution in [1.29, 1.82) is 0 Å². The quantitative estimate of drug-likeness (QED) is 0.146. The van der Waals surface area contributed by atoms with Crippen molar-refractivity contribution in [1.82, 2.24) is 5.01 Å². The predicted molar refractivity (Wildman–Crippen MR) is 221 cm³/mol. The number of rotatable bonds is 7. The highest BCUT2D eigenvalue weighted by Crippen LogP contribution is 2.65. The van der Waals surface area contributed by atoms with E-state index >= 15 is 9.59 Å². The van der Waals surface area contributed by atoms with Crippen molar-refractivity contribution in [3.05, 3.63) is 122 Å². The Labute approximate surface area is 346 Å². The molecule has 0 spiro atoms. The van der Waals surface area contributed by atoms with Crippen molar-refractivity contribution in [2.45, 2.75) is 31.1 Å². The molecule has 2 aliphatic carbocycles. The minimum Gasteiger partial charge on any atom is -0.503 e. The number of halogens is 2. The minimum absolute atomic E-state index is 0.133. The first-order valence-corrected chi connectivity index (χ1v) is 20.7. The van der Waals surface area contributed by atoms with Gasteiger partial charge in [0.1, 0.15) is 0 Å². The Morgan fingerprint density at radius 1 is 0.842 bits per heavy atom. The number of nitrogens with zero attached hydrogens (tertiary/aromatic N) is 3. The van der Waals surface area contributed by atoms with Gasteiger partial charge in [-0.15, -0.1) is 0 Å². The molecule has 4 aromatic rings. The predicted octanol–water partition coefficient (Wildman–Crippen LogP) is 7.26. The Balaban J connectivity index is 1.19. The number of imide groups is 2. The third kappa shape index (κ3) is 5.75. The number of hydrogen-bond acceptors (Lipinski definition) is 9. The highest BCUT2D eigenvalue weighted by Gasteiger charge is 2.70. The molecule has 2 N–H and O–H groups in total. The molecule has 0 bridgehead atoms. The zero-order valence-corrected chi connectivity index (χ0v) is 34.5. The van der Waals surface area contributed by atoms with E-state index in [1.165, 1.54) is 12.0 Å². The number of phenols is 1. The number of morpholine rings is 1. The Bertz CT molecular complexity index is 2330. The van der Waals surface area contributed by atoms with Gasteiger partial charge in [-0.1, -0.05) is 59.7 Å². The summed E-state index contributed by atoms with van der Waals surface area (Å²) in [6.07, 6.45) is 2.45. The topological polar surface area (TPSA) is 129 Å². The molecule has 4 aromatic carbocycles. The Hall–Kier alpha value is -4.98. The summed E-state index contributed by atoms with van der Waals surface area (Å²) in [5.41, 5.74) is 6.75. The summed E-state index contributed by atoms with van der Waals surface area (Å²) in [5, 5.41) is 12.2. The first-order valence-electron chi connectivity index (χ1n) is 19.1. The maximum absolute atomic E-state index is 15.5. The third-order valence-electron chi connectivity index (χ3n) is 12.6. The molecule has 292 valence electrons. The molecular weight excluding hydrogens is 856 g/mol. The molecule has 1 saturated carbocycles. The molecule has 5 aliphatic rings. The molecule has 57 heavy (non-hydrogen) atoms. The normalized spacial score (nSPS) is 26.9. The van der Waals surface area contributed by atoms with Crippen molar-refractivity contribution in [2.24, 2.45) is 23.7 Å². The minimum atomic E-state index is -1.49. The number of ether oxygens (including phenoxy) is 2. The van der Waals surface area contributed by atoms with Crippen LogP contribution in [0.1, 0.15) is 35.4 Å². The van der Waals surface area contributed by atoms with Crippen LogP contribution in [-0.2, 0) is 29.3 Å².